The fourth-order valence-corrected chi connectivity index (χ4v) is 4.23. The summed E-state index contributed by atoms with van der Waals surface area (Å²) >= 11 is 6.15. The Balaban J connectivity index is 1.99. The maximum atomic E-state index is 13.4. The van der Waals surface area contributed by atoms with Crippen LogP contribution in [0.1, 0.15) is 47.6 Å². The zero-order chi connectivity index (χ0) is 27.7. The van der Waals surface area contributed by atoms with E-state index < -0.39 is 23.5 Å². The number of methoxy groups -OCH3 is 2. The van der Waals surface area contributed by atoms with Crippen molar-refractivity contribution in [1.82, 2.24) is 4.57 Å². The lowest BCUT2D eigenvalue weighted by Crippen LogP contribution is -2.33. The number of carboxylic acids is 1. The van der Waals surface area contributed by atoms with Gasteiger partial charge >= 0.3 is 5.97 Å². The normalized spacial score (nSPS) is 11.4. The molecule has 0 aliphatic carbocycles. The molecule has 1 amide bonds. The number of hydrogen-bond acceptors (Lipinski definition) is 6. The number of carbonyl (C=O) groups excluding carboxylic acids is 1. The number of carbonyl (C=O) groups is 2. The standard InChI is InChI=1S/C28H28ClN3O6/c1-37-13-5-3-4-6-24(27(34)31-21-11-8-18(9-12-21)28(35)36)32-17-25(38-2)23(15-26(32)33)22-14-20(29)10-7-19(22)16-30/h7-12,14-15,17,24H,3-6,13H2,1-2H3,(H,31,34)(H,35,36). The van der Waals surface area contributed by atoms with Crippen LogP contribution in [0.3, 0.4) is 0 Å². The van der Waals surface area contributed by atoms with Gasteiger partial charge in [0, 0.05) is 41.6 Å². The van der Waals surface area contributed by atoms with E-state index in [0.29, 0.717) is 52.6 Å². The first-order valence-corrected chi connectivity index (χ1v) is 12.3. The Morgan fingerprint density at radius 1 is 1.08 bits per heavy atom. The molecule has 2 aromatic carbocycles. The van der Waals surface area contributed by atoms with Crippen LogP contribution in [0.4, 0.5) is 5.69 Å². The molecule has 198 valence electrons. The summed E-state index contributed by atoms with van der Waals surface area (Å²) in [5, 5.41) is 21.8. The summed E-state index contributed by atoms with van der Waals surface area (Å²) in [5.74, 6) is -1.21. The van der Waals surface area contributed by atoms with Gasteiger partial charge in [0.25, 0.3) is 5.56 Å². The van der Waals surface area contributed by atoms with Crippen molar-refractivity contribution in [3.8, 4) is 22.9 Å². The average Bonchev–Trinajstić information content (AvgIpc) is 2.91. The highest BCUT2D eigenvalue weighted by molar-refractivity contribution is 6.31. The van der Waals surface area contributed by atoms with E-state index in [9.17, 15) is 19.6 Å². The number of carboxylic acid groups (broad SMARTS) is 1. The molecular weight excluding hydrogens is 510 g/mol. The predicted octanol–water partition coefficient (Wildman–Crippen LogP) is 5.13. The minimum atomic E-state index is -1.07. The van der Waals surface area contributed by atoms with E-state index in [-0.39, 0.29) is 5.56 Å². The molecule has 2 N–H and O–H groups in total. The van der Waals surface area contributed by atoms with Gasteiger partial charge in [0.05, 0.1) is 30.5 Å². The fourth-order valence-electron chi connectivity index (χ4n) is 4.06. The molecule has 0 saturated carbocycles. The van der Waals surface area contributed by atoms with Gasteiger partial charge in [-0.1, -0.05) is 24.4 Å². The highest BCUT2D eigenvalue weighted by atomic mass is 35.5. The number of nitriles is 1. The Morgan fingerprint density at radius 3 is 2.45 bits per heavy atom. The summed E-state index contributed by atoms with van der Waals surface area (Å²) in [7, 11) is 3.06. The highest BCUT2D eigenvalue weighted by Crippen LogP contribution is 2.33. The molecule has 0 aliphatic rings. The second-order valence-corrected chi connectivity index (χ2v) is 8.97. The molecule has 0 fully saturated rings. The summed E-state index contributed by atoms with van der Waals surface area (Å²) in [6.07, 6.45) is 4.09. The number of amides is 1. The number of nitrogens with one attached hydrogen (secondary N) is 1. The third-order valence-corrected chi connectivity index (χ3v) is 6.26. The van der Waals surface area contributed by atoms with Crippen LogP contribution in [0.15, 0.2) is 59.5 Å². The van der Waals surface area contributed by atoms with Crippen molar-refractivity contribution in [3.63, 3.8) is 0 Å². The van der Waals surface area contributed by atoms with Gasteiger partial charge in [-0.2, -0.15) is 5.26 Å². The van der Waals surface area contributed by atoms with Crippen LogP contribution in [0.25, 0.3) is 11.1 Å². The van der Waals surface area contributed by atoms with Crippen molar-refractivity contribution in [3.05, 3.63) is 81.2 Å². The summed E-state index contributed by atoms with van der Waals surface area (Å²) in [6, 6.07) is 13.1. The maximum Gasteiger partial charge on any atom is 0.335 e. The van der Waals surface area contributed by atoms with E-state index in [4.69, 9.17) is 26.2 Å². The van der Waals surface area contributed by atoms with Crippen molar-refractivity contribution >= 4 is 29.2 Å². The second-order valence-electron chi connectivity index (χ2n) is 8.53. The SMILES string of the molecule is COCCCCCC(C(=O)Nc1ccc(C(=O)O)cc1)n1cc(OC)c(-c2cc(Cl)ccc2C#N)cc1=O. The van der Waals surface area contributed by atoms with Gasteiger partial charge in [-0.05, 0) is 55.3 Å². The van der Waals surface area contributed by atoms with Gasteiger partial charge in [0.2, 0.25) is 5.91 Å². The molecule has 38 heavy (non-hydrogen) atoms. The molecule has 0 saturated heterocycles. The minimum Gasteiger partial charge on any atom is -0.495 e. The summed E-state index contributed by atoms with van der Waals surface area (Å²) in [5.41, 5.74) is 1.19. The van der Waals surface area contributed by atoms with Crippen molar-refractivity contribution in [2.24, 2.45) is 0 Å². The third kappa shape index (κ3) is 7.00. The lowest BCUT2D eigenvalue weighted by atomic mass is 10.00. The van der Waals surface area contributed by atoms with Crippen molar-refractivity contribution < 1.29 is 24.2 Å². The van der Waals surface area contributed by atoms with Crippen LogP contribution in [0.5, 0.6) is 5.75 Å². The van der Waals surface area contributed by atoms with Gasteiger partial charge in [0.1, 0.15) is 11.8 Å². The number of anilines is 1. The number of rotatable bonds is 12. The van der Waals surface area contributed by atoms with Gasteiger partial charge in [-0.15, -0.1) is 0 Å². The molecule has 1 unspecified atom stereocenters. The monoisotopic (exact) mass is 537 g/mol. The first-order valence-electron chi connectivity index (χ1n) is 11.9. The largest absolute Gasteiger partial charge is 0.495 e. The number of nitrogens with zero attached hydrogens (tertiary/aromatic N) is 2. The lowest BCUT2D eigenvalue weighted by Gasteiger charge is -2.21. The van der Waals surface area contributed by atoms with Crippen LogP contribution < -0.4 is 15.6 Å². The third-order valence-electron chi connectivity index (χ3n) is 6.02. The summed E-state index contributed by atoms with van der Waals surface area (Å²) < 4.78 is 12.0. The van der Waals surface area contributed by atoms with Crippen LogP contribution >= 0.6 is 11.6 Å². The van der Waals surface area contributed by atoms with Gasteiger partial charge < -0.3 is 19.9 Å². The molecule has 1 aromatic heterocycles. The van der Waals surface area contributed by atoms with E-state index >= 15 is 0 Å². The van der Waals surface area contributed by atoms with Crippen LogP contribution in [-0.4, -0.2) is 42.4 Å². The number of unbranched alkanes of at least 4 members (excludes halogenated alkanes) is 2. The van der Waals surface area contributed by atoms with E-state index in [2.05, 4.69) is 11.4 Å². The molecule has 0 radical (unpaired) electrons. The molecule has 3 aromatic rings. The molecular formula is C28H28ClN3O6. The molecule has 9 nitrogen and oxygen atoms in total. The average molecular weight is 538 g/mol. The Hall–Kier alpha value is -4.13. The predicted molar refractivity (Wildman–Crippen MR) is 144 cm³/mol. The minimum absolute atomic E-state index is 0.0898. The molecule has 1 heterocycles. The molecule has 10 heteroatoms. The van der Waals surface area contributed by atoms with Gasteiger partial charge in [-0.25, -0.2) is 4.79 Å². The number of pyridine rings is 1. The number of aromatic nitrogens is 1. The lowest BCUT2D eigenvalue weighted by molar-refractivity contribution is -0.119. The zero-order valence-electron chi connectivity index (χ0n) is 21.1. The highest BCUT2D eigenvalue weighted by Gasteiger charge is 2.24. The van der Waals surface area contributed by atoms with Crippen LogP contribution in [0, 0.1) is 11.3 Å². The number of hydrogen-bond donors (Lipinski definition) is 2. The van der Waals surface area contributed by atoms with E-state index in [1.165, 1.54) is 48.2 Å². The first-order chi connectivity index (χ1) is 18.3. The molecule has 0 aliphatic heterocycles. The molecule has 1 atom stereocenters. The van der Waals surface area contributed by atoms with Crippen molar-refractivity contribution in [2.45, 2.75) is 31.7 Å². The van der Waals surface area contributed by atoms with Crippen molar-refractivity contribution in [1.29, 1.82) is 5.26 Å². The van der Waals surface area contributed by atoms with Crippen LogP contribution in [0.2, 0.25) is 5.02 Å². The Labute approximate surface area is 225 Å². The molecule has 3 rings (SSSR count). The number of halogens is 1. The van der Waals surface area contributed by atoms with E-state index in [0.717, 1.165) is 12.8 Å². The van der Waals surface area contributed by atoms with Gasteiger partial charge in [-0.3, -0.25) is 14.2 Å². The van der Waals surface area contributed by atoms with Crippen molar-refractivity contribution in [2.75, 3.05) is 26.1 Å². The zero-order valence-corrected chi connectivity index (χ0v) is 21.8. The van der Waals surface area contributed by atoms with Gasteiger partial charge in [0.15, 0.2) is 0 Å². The maximum absolute atomic E-state index is 13.4. The Bertz CT molecular complexity index is 1400. The Kier molecular flexibility index (Phi) is 10.0. The summed E-state index contributed by atoms with van der Waals surface area (Å²) in [4.78, 5) is 37.9. The van der Waals surface area contributed by atoms with Crippen LogP contribution in [-0.2, 0) is 9.53 Å². The number of ether oxygens (including phenoxy) is 2. The number of benzene rings is 2. The fraction of sp³-hybridized carbons (Fsp3) is 0.286. The van der Waals surface area contributed by atoms with E-state index in [1.54, 1.807) is 25.3 Å². The molecule has 0 bridgehead atoms. The second kappa shape index (κ2) is 13.4. The molecule has 0 spiro atoms. The summed E-state index contributed by atoms with van der Waals surface area (Å²) in [6.45, 7) is 0.593. The topological polar surface area (TPSA) is 131 Å². The first kappa shape index (κ1) is 28.4. The van der Waals surface area contributed by atoms with E-state index in [1.807, 2.05) is 0 Å². The quantitative estimate of drug-likeness (QED) is 0.306. The number of aromatic carboxylic acids is 1. The smallest absolute Gasteiger partial charge is 0.335 e. The Morgan fingerprint density at radius 2 is 1.82 bits per heavy atom.